The van der Waals surface area contributed by atoms with Crippen LogP contribution in [0.25, 0.3) is 0 Å². The number of nitrogens with zero attached hydrogens (tertiary/aromatic N) is 1. The van der Waals surface area contributed by atoms with Gasteiger partial charge in [0.2, 0.25) is 0 Å². The van der Waals surface area contributed by atoms with Crippen LogP contribution in [-0.4, -0.2) is 18.4 Å². The van der Waals surface area contributed by atoms with E-state index in [1.165, 1.54) is 89.9 Å². The van der Waals surface area contributed by atoms with E-state index >= 15 is 0 Å². The second kappa shape index (κ2) is 8.06. The molecular formula is C25H38NP. The van der Waals surface area contributed by atoms with Gasteiger partial charge in [0.05, 0.1) is 6.04 Å². The Bertz CT molecular complexity index is 620. The zero-order valence-electron chi connectivity index (χ0n) is 17.3. The van der Waals surface area contributed by atoms with Crippen molar-refractivity contribution < 1.29 is 0 Å². The summed E-state index contributed by atoms with van der Waals surface area (Å²) in [6.07, 6.45) is 20.9. The maximum atomic E-state index is 2.64. The van der Waals surface area contributed by atoms with E-state index in [1.807, 2.05) is 10.9 Å². The van der Waals surface area contributed by atoms with Crippen molar-refractivity contribution >= 4 is 18.9 Å². The Morgan fingerprint density at radius 3 is 1.89 bits per heavy atom. The van der Waals surface area contributed by atoms with Gasteiger partial charge in [0.25, 0.3) is 0 Å². The molecule has 148 valence electrons. The lowest BCUT2D eigenvalue weighted by Gasteiger charge is -2.49. The molecule has 0 radical (unpaired) electrons. The zero-order valence-corrected chi connectivity index (χ0v) is 18.2. The molecule has 0 saturated heterocycles. The summed E-state index contributed by atoms with van der Waals surface area (Å²) in [4.78, 5) is 2.64. The van der Waals surface area contributed by atoms with Crippen molar-refractivity contribution in [2.24, 2.45) is 5.92 Å². The van der Waals surface area contributed by atoms with Crippen LogP contribution in [0.1, 0.15) is 101 Å². The molecule has 1 atom stereocenters. The fourth-order valence-electron chi connectivity index (χ4n) is 6.89. The van der Waals surface area contributed by atoms with Crippen LogP contribution in [0.5, 0.6) is 0 Å². The third-order valence-corrected chi connectivity index (χ3v) is 11.8. The highest BCUT2D eigenvalue weighted by Gasteiger charge is 2.43. The van der Waals surface area contributed by atoms with Crippen LogP contribution in [0.4, 0.5) is 5.69 Å². The Morgan fingerprint density at radius 2 is 1.30 bits per heavy atom. The van der Waals surface area contributed by atoms with E-state index < -0.39 is 0 Å². The number of fused-ring (bicyclic) bond motifs is 1. The zero-order chi connectivity index (χ0) is 18.2. The Morgan fingerprint density at radius 1 is 0.741 bits per heavy atom. The fraction of sp³-hybridized carbons (Fsp3) is 0.760. The molecule has 5 rings (SSSR count). The van der Waals surface area contributed by atoms with Crippen LogP contribution in [-0.2, 0) is 0 Å². The first-order valence-corrected chi connectivity index (χ1v) is 13.5. The molecule has 0 N–H and O–H groups in total. The highest BCUT2D eigenvalue weighted by molar-refractivity contribution is 7.67. The van der Waals surface area contributed by atoms with Crippen LogP contribution >= 0.6 is 7.92 Å². The molecule has 1 aromatic rings. The molecule has 0 spiro atoms. The van der Waals surface area contributed by atoms with Gasteiger partial charge in [0.1, 0.15) is 0 Å². The van der Waals surface area contributed by atoms with Gasteiger partial charge in [-0.1, -0.05) is 71.4 Å². The molecule has 27 heavy (non-hydrogen) atoms. The molecule has 2 heteroatoms. The summed E-state index contributed by atoms with van der Waals surface area (Å²) in [6, 6.07) is 8.16. The molecular weight excluding hydrogens is 345 g/mol. The molecule has 1 aromatic carbocycles. The second-order valence-corrected chi connectivity index (χ2v) is 12.6. The standard InChI is InChI=1S/C25H38NP/c1-26-22-17-10-18-23(24(22)25(26)19-11-8-9-12-19)27(20-13-4-2-5-14-20)21-15-6-3-7-16-21/h10,17-21,25H,2-9,11-16H2,1H3/t25-/m0/s1. The van der Waals surface area contributed by atoms with E-state index in [-0.39, 0.29) is 7.92 Å². The van der Waals surface area contributed by atoms with E-state index in [9.17, 15) is 0 Å². The number of anilines is 1. The first-order chi connectivity index (χ1) is 13.3. The lowest BCUT2D eigenvalue weighted by molar-refractivity contribution is 0.403. The number of benzene rings is 1. The Hall–Kier alpha value is -0.550. The Kier molecular flexibility index (Phi) is 5.51. The number of hydrogen-bond acceptors (Lipinski definition) is 1. The maximum Gasteiger partial charge on any atom is 0.0594 e. The second-order valence-electron chi connectivity index (χ2n) is 9.80. The molecule has 0 bridgehead atoms. The van der Waals surface area contributed by atoms with Crippen LogP contribution in [0.2, 0.25) is 0 Å². The molecule has 4 aliphatic rings. The van der Waals surface area contributed by atoms with Gasteiger partial charge in [0, 0.05) is 18.3 Å². The smallest absolute Gasteiger partial charge is 0.0594 e. The van der Waals surface area contributed by atoms with Gasteiger partial charge in [-0.15, -0.1) is 0 Å². The predicted octanol–water partition coefficient (Wildman–Crippen LogP) is 7.14. The molecule has 0 unspecified atom stereocenters. The number of hydrogen-bond donors (Lipinski definition) is 0. The summed E-state index contributed by atoms with van der Waals surface area (Å²) in [5.74, 6) is 0.929. The van der Waals surface area contributed by atoms with Gasteiger partial charge in [0.15, 0.2) is 0 Å². The van der Waals surface area contributed by atoms with Crippen LogP contribution in [0, 0.1) is 5.92 Å². The SMILES string of the molecule is CN1c2cccc(P(C3CCCCC3)C3CCCCC3)c2[C@@H]1C1CCCC1. The summed E-state index contributed by atoms with van der Waals surface area (Å²) in [7, 11) is 2.41. The quantitative estimate of drug-likeness (QED) is 0.499. The summed E-state index contributed by atoms with van der Waals surface area (Å²) < 4.78 is 0. The lowest BCUT2D eigenvalue weighted by atomic mass is 9.83. The average molecular weight is 384 g/mol. The largest absolute Gasteiger partial charge is 0.367 e. The molecule has 3 aliphatic carbocycles. The minimum Gasteiger partial charge on any atom is -0.367 e. The van der Waals surface area contributed by atoms with Crippen LogP contribution < -0.4 is 10.2 Å². The van der Waals surface area contributed by atoms with Gasteiger partial charge >= 0.3 is 0 Å². The lowest BCUT2D eigenvalue weighted by Crippen LogP contribution is -2.43. The average Bonchev–Trinajstić information content (AvgIpc) is 3.24. The Balaban J connectivity index is 1.52. The predicted molar refractivity (Wildman–Crippen MR) is 120 cm³/mol. The molecule has 3 saturated carbocycles. The molecule has 0 amide bonds. The first kappa shape index (κ1) is 18.5. The van der Waals surface area contributed by atoms with Crippen LogP contribution in [0.3, 0.4) is 0 Å². The van der Waals surface area contributed by atoms with Gasteiger partial charge in [-0.3, -0.25) is 0 Å². The topological polar surface area (TPSA) is 3.24 Å². The van der Waals surface area contributed by atoms with Crippen molar-refractivity contribution in [3.05, 3.63) is 23.8 Å². The highest BCUT2D eigenvalue weighted by atomic mass is 31.1. The summed E-state index contributed by atoms with van der Waals surface area (Å²) in [5, 5.41) is 1.87. The van der Waals surface area contributed by atoms with Crippen LogP contribution in [0.15, 0.2) is 18.2 Å². The summed E-state index contributed by atoms with van der Waals surface area (Å²) >= 11 is 0. The molecule has 0 aromatic heterocycles. The monoisotopic (exact) mass is 383 g/mol. The van der Waals surface area contributed by atoms with Crippen molar-refractivity contribution in [2.75, 3.05) is 11.9 Å². The van der Waals surface area contributed by atoms with Gasteiger partial charge in [-0.25, -0.2) is 0 Å². The molecule has 1 aliphatic heterocycles. The van der Waals surface area contributed by atoms with E-state index in [1.54, 1.807) is 5.69 Å². The van der Waals surface area contributed by atoms with E-state index in [0.29, 0.717) is 0 Å². The minimum atomic E-state index is 0.0354. The maximum absolute atomic E-state index is 2.64. The molecule has 1 nitrogen and oxygen atoms in total. The number of rotatable bonds is 4. The summed E-state index contributed by atoms with van der Waals surface area (Å²) in [5.41, 5.74) is 5.47. The third-order valence-electron chi connectivity index (χ3n) is 8.21. The van der Waals surface area contributed by atoms with Crippen molar-refractivity contribution in [1.29, 1.82) is 0 Å². The fourth-order valence-corrected chi connectivity index (χ4v) is 10.9. The van der Waals surface area contributed by atoms with E-state index in [4.69, 9.17) is 0 Å². The molecule has 3 fully saturated rings. The van der Waals surface area contributed by atoms with Gasteiger partial charge in [-0.05, 0) is 67.1 Å². The summed E-state index contributed by atoms with van der Waals surface area (Å²) in [6.45, 7) is 0. The van der Waals surface area contributed by atoms with Crippen molar-refractivity contribution in [2.45, 2.75) is 107 Å². The normalized spacial score (nSPS) is 27.8. The van der Waals surface area contributed by atoms with Crippen molar-refractivity contribution in [1.82, 2.24) is 0 Å². The van der Waals surface area contributed by atoms with E-state index in [0.717, 1.165) is 23.3 Å². The minimum absolute atomic E-state index is 0.0354. The van der Waals surface area contributed by atoms with Crippen molar-refractivity contribution in [3.63, 3.8) is 0 Å². The third kappa shape index (κ3) is 3.37. The van der Waals surface area contributed by atoms with E-state index in [2.05, 4.69) is 30.1 Å². The van der Waals surface area contributed by atoms with Gasteiger partial charge < -0.3 is 4.90 Å². The first-order valence-electron chi connectivity index (χ1n) is 12.0. The highest BCUT2D eigenvalue weighted by Crippen LogP contribution is 2.59. The van der Waals surface area contributed by atoms with Crippen molar-refractivity contribution in [3.8, 4) is 0 Å². The Labute approximate surface area is 168 Å². The van der Waals surface area contributed by atoms with Gasteiger partial charge in [-0.2, -0.15) is 0 Å². The molecule has 1 heterocycles.